The van der Waals surface area contributed by atoms with Gasteiger partial charge in [-0.25, -0.2) is 0 Å². The Kier molecular flexibility index (Phi) is 2.50. The summed E-state index contributed by atoms with van der Waals surface area (Å²) in [4.78, 5) is 0. The topological polar surface area (TPSA) is 20.2 Å². The molecule has 10 heavy (non-hydrogen) atoms. The Bertz CT molecular complexity index is 120. The van der Waals surface area contributed by atoms with Crippen LogP contribution in [0.15, 0.2) is 12.7 Å². The number of allylic oxidation sites excluding steroid dienone is 1. The molecular formula is C9H16O. The zero-order valence-corrected chi connectivity index (χ0v) is 6.59. The Labute approximate surface area is 62.8 Å². The Hall–Kier alpha value is -0.300. The van der Waals surface area contributed by atoms with E-state index in [1.54, 1.807) is 0 Å². The van der Waals surface area contributed by atoms with Crippen molar-refractivity contribution in [1.29, 1.82) is 0 Å². The Morgan fingerprint density at radius 2 is 2.30 bits per heavy atom. The first-order chi connectivity index (χ1) is 4.75. The molecule has 1 rings (SSSR count). The second-order valence-electron chi connectivity index (χ2n) is 3.26. The zero-order valence-electron chi connectivity index (χ0n) is 6.59. The lowest BCUT2D eigenvalue weighted by atomic mass is 9.91. The van der Waals surface area contributed by atoms with Crippen molar-refractivity contribution in [1.82, 2.24) is 0 Å². The molecule has 0 aromatic heterocycles. The fourth-order valence-corrected chi connectivity index (χ4v) is 1.76. The van der Waals surface area contributed by atoms with E-state index < -0.39 is 0 Å². The zero-order chi connectivity index (χ0) is 7.56. The van der Waals surface area contributed by atoms with Gasteiger partial charge in [-0.15, -0.1) is 6.58 Å². The van der Waals surface area contributed by atoms with Gasteiger partial charge in [0, 0.05) is 0 Å². The molecule has 1 N–H and O–H groups in total. The third kappa shape index (κ3) is 1.40. The third-order valence-electron chi connectivity index (χ3n) is 2.58. The fourth-order valence-electron chi connectivity index (χ4n) is 1.76. The molecule has 1 fully saturated rings. The van der Waals surface area contributed by atoms with Crippen molar-refractivity contribution in [3.63, 3.8) is 0 Å². The van der Waals surface area contributed by atoms with E-state index in [-0.39, 0.29) is 6.10 Å². The first kappa shape index (κ1) is 7.80. The fraction of sp³-hybridized carbons (Fsp3) is 0.778. The standard InChI is InChI=1S/C9H16O/c1-3-7(2)8-5-4-6-9(8)10/h3,7-10H,1,4-6H2,2H3. The van der Waals surface area contributed by atoms with Crippen molar-refractivity contribution >= 4 is 0 Å². The van der Waals surface area contributed by atoms with Crippen LogP contribution in [0.5, 0.6) is 0 Å². The summed E-state index contributed by atoms with van der Waals surface area (Å²) in [6, 6.07) is 0. The molecule has 1 aliphatic carbocycles. The summed E-state index contributed by atoms with van der Waals surface area (Å²) < 4.78 is 0. The quantitative estimate of drug-likeness (QED) is 0.581. The van der Waals surface area contributed by atoms with Crippen molar-refractivity contribution in [3.8, 4) is 0 Å². The van der Waals surface area contributed by atoms with Crippen LogP contribution in [0.3, 0.4) is 0 Å². The molecule has 0 aliphatic heterocycles. The Morgan fingerprint density at radius 3 is 2.70 bits per heavy atom. The SMILES string of the molecule is C=CC(C)C1CCCC1O. The van der Waals surface area contributed by atoms with Gasteiger partial charge in [0.2, 0.25) is 0 Å². The lowest BCUT2D eigenvalue weighted by molar-refractivity contribution is 0.114. The van der Waals surface area contributed by atoms with Crippen molar-refractivity contribution in [2.24, 2.45) is 11.8 Å². The minimum absolute atomic E-state index is 0.0620. The second kappa shape index (κ2) is 3.20. The number of hydrogen-bond donors (Lipinski definition) is 1. The molecule has 58 valence electrons. The maximum atomic E-state index is 9.44. The van der Waals surface area contributed by atoms with Crippen LogP contribution in [-0.2, 0) is 0 Å². The first-order valence-corrected chi connectivity index (χ1v) is 4.06. The lowest BCUT2D eigenvalue weighted by Crippen LogP contribution is -2.18. The largest absolute Gasteiger partial charge is 0.393 e. The molecule has 0 bridgehead atoms. The average Bonchev–Trinajstić information content (AvgIpc) is 2.34. The van der Waals surface area contributed by atoms with Gasteiger partial charge in [-0.1, -0.05) is 19.4 Å². The highest BCUT2D eigenvalue weighted by Gasteiger charge is 2.27. The summed E-state index contributed by atoms with van der Waals surface area (Å²) in [6.45, 7) is 5.86. The molecule has 1 heteroatoms. The predicted octanol–water partition coefficient (Wildman–Crippen LogP) is 1.97. The van der Waals surface area contributed by atoms with Crippen molar-refractivity contribution in [3.05, 3.63) is 12.7 Å². The van der Waals surface area contributed by atoms with Crippen molar-refractivity contribution in [2.75, 3.05) is 0 Å². The van der Waals surface area contributed by atoms with Crippen LogP contribution < -0.4 is 0 Å². The maximum Gasteiger partial charge on any atom is 0.0573 e. The van der Waals surface area contributed by atoms with E-state index in [0.717, 1.165) is 6.42 Å². The third-order valence-corrected chi connectivity index (χ3v) is 2.58. The van der Waals surface area contributed by atoms with E-state index in [4.69, 9.17) is 0 Å². The highest BCUT2D eigenvalue weighted by molar-refractivity contribution is 4.88. The molecule has 0 aromatic carbocycles. The van der Waals surface area contributed by atoms with Gasteiger partial charge in [-0.05, 0) is 24.7 Å². The molecule has 3 unspecified atom stereocenters. The van der Waals surface area contributed by atoms with Crippen LogP contribution in [-0.4, -0.2) is 11.2 Å². The van der Waals surface area contributed by atoms with Crippen LogP contribution in [0.1, 0.15) is 26.2 Å². The lowest BCUT2D eigenvalue weighted by Gasteiger charge is -2.18. The second-order valence-corrected chi connectivity index (χ2v) is 3.26. The number of aliphatic hydroxyl groups excluding tert-OH is 1. The molecule has 0 radical (unpaired) electrons. The summed E-state index contributed by atoms with van der Waals surface area (Å²) in [5, 5.41) is 9.44. The van der Waals surface area contributed by atoms with Gasteiger partial charge in [0.1, 0.15) is 0 Å². The molecular weight excluding hydrogens is 124 g/mol. The molecule has 0 amide bonds. The maximum absolute atomic E-state index is 9.44. The minimum atomic E-state index is -0.0620. The predicted molar refractivity (Wildman–Crippen MR) is 42.7 cm³/mol. The van der Waals surface area contributed by atoms with E-state index in [1.807, 2.05) is 6.08 Å². The number of aliphatic hydroxyl groups is 1. The van der Waals surface area contributed by atoms with Crippen molar-refractivity contribution < 1.29 is 5.11 Å². The highest BCUT2D eigenvalue weighted by atomic mass is 16.3. The van der Waals surface area contributed by atoms with Gasteiger partial charge in [0.25, 0.3) is 0 Å². The number of rotatable bonds is 2. The van der Waals surface area contributed by atoms with Gasteiger partial charge in [-0.3, -0.25) is 0 Å². The van der Waals surface area contributed by atoms with Gasteiger partial charge in [0.15, 0.2) is 0 Å². The molecule has 1 saturated carbocycles. The van der Waals surface area contributed by atoms with Crippen LogP contribution in [0.25, 0.3) is 0 Å². The minimum Gasteiger partial charge on any atom is -0.393 e. The molecule has 3 atom stereocenters. The average molecular weight is 140 g/mol. The summed E-state index contributed by atoms with van der Waals surface area (Å²) in [7, 11) is 0. The Balaban J connectivity index is 2.46. The molecule has 0 heterocycles. The molecule has 1 nitrogen and oxygen atoms in total. The number of hydrogen-bond acceptors (Lipinski definition) is 1. The van der Waals surface area contributed by atoms with Crippen molar-refractivity contribution in [2.45, 2.75) is 32.3 Å². The summed E-state index contributed by atoms with van der Waals surface area (Å²) in [5.74, 6) is 0.968. The van der Waals surface area contributed by atoms with E-state index in [1.165, 1.54) is 12.8 Å². The highest BCUT2D eigenvalue weighted by Crippen LogP contribution is 2.31. The van der Waals surface area contributed by atoms with Crippen LogP contribution in [0.2, 0.25) is 0 Å². The van der Waals surface area contributed by atoms with E-state index in [0.29, 0.717) is 11.8 Å². The van der Waals surface area contributed by atoms with Gasteiger partial charge < -0.3 is 5.11 Å². The van der Waals surface area contributed by atoms with Crippen LogP contribution in [0, 0.1) is 11.8 Å². The van der Waals surface area contributed by atoms with Gasteiger partial charge in [0.05, 0.1) is 6.10 Å². The normalized spacial score (nSPS) is 35.8. The molecule has 0 aromatic rings. The smallest absolute Gasteiger partial charge is 0.0573 e. The van der Waals surface area contributed by atoms with Crippen LogP contribution >= 0.6 is 0 Å². The summed E-state index contributed by atoms with van der Waals surface area (Å²) in [5.41, 5.74) is 0. The molecule has 0 spiro atoms. The molecule has 0 saturated heterocycles. The Morgan fingerprint density at radius 1 is 1.60 bits per heavy atom. The monoisotopic (exact) mass is 140 g/mol. The van der Waals surface area contributed by atoms with E-state index in [2.05, 4.69) is 13.5 Å². The summed E-state index contributed by atoms with van der Waals surface area (Å²) in [6.07, 6.45) is 5.23. The van der Waals surface area contributed by atoms with Crippen LogP contribution in [0.4, 0.5) is 0 Å². The van der Waals surface area contributed by atoms with E-state index in [9.17, 15) is 5.11 Å². The van der Waals surface area contributed by atoms with Gasteiger partial charge in [-0.2, -0.15) is 0 Å². The van der Waals surface area contributed by atoms with Gasteiger partial charge >= 0.3 is 0 Å². The summed E-state index contributed by atoms with van der Waals surface area (Å²) >= 11 is 0. The van der Waals surface area contributed by atoms with E-state index >= 15 is 0 Å². The first-order valence-electron chi connectivity index (χ1n) is 4.06. The molecule has 1 aliphatic rings.